The predicted octanol–water partition coefficient (Wildman–Crippen LogP) is 6.57. The fourth-order valence-corrected chi connectivity index (χ4v) is 6.23. The number of nitrogens with zero attached hydrogens (tertiary/aromatic N) is 2. The molecular weight excluding hydrogens is 483 g/mol. The molecule has 5 rings (SSSR count). The van der Waals surface area contributed by atoms with Gasteiger partial charge < -0.3 is 0 Å². The van der Waals surface area contributed by atoms with Gasteiger partial charge in [0, 0.05) is 37.1 Å². The Morgan fingerprint density at radius 1 is 0.757 bits per heavy atom. The number of rotatable bonds is 9. The van der Waals surface area contributed by atoms with Crippen LogP contribution in [0, 0.1) is 12.7 Å². The smallest absolute Gasteiger partial charge is 0.268 e. The van der Waals surface area contributed by atoms with E-state index in [1.165, 1.54) is 27.2 Å². The molecule has 1 heterocycles. The predicted molar refractivity (Wildman–Crippen MR) is 146 cm³/mol. The third kappa shape index (κ3) is 5.66. The van der Waals surface area contributed by atoms with Crippen molar-refractivity contribution >= 4 is 20.9 Å². The van der Waals surface area contributed by atoms with Crippen LogP contribution in [0.25, 0.3) is 10.9 Å². The topological polar surface area (TPSA) is 42.3 Å². The first-order chi connectivity index (χ1) is 17.9. The van der Waals surface area contributed by atoms with Crippen molar-refractivity contribution in [2.75, 3.05) is 6.54 Å². The summed E-state index contributed by atoms with van der Waals surface area (Å²) in [6.07, 6.45) is 0.487. The first-order valence-corrected chi connectivity index (χ1v) is 13.8. The molecule has 4 nitrogen and oxygen atoms in total. The van der Waals surface area contributed by atoms with Crippen molar-refractivity contribution in [2.24, 2.45) is 0 Å². The Morgan fingerprint density at radius 3 is 1.95 bits per heavy atom. The molecule has 1 aromatic heterocycles. The first kappa shape index (κ1) is 24.9. The summed E-state index contributed by atoms with van der Waals surface area (Å²) in [5, 5.41) is 0.573. The van der Waals surface area contributed by atoms with Crippen LogP contribution in [0.5, 0.6) is 0 Å². The van der Waals surface area contributed by atoms with E-state index in [2.05, 4.69) is 29.2 Å². The average Bonchev–Trinajstić information content (AvgIpc) is 3.27. The lowest BCUT2D eigenvalue weighted by Gasteiger charge is -2.23. The number of aryl methyl sites for hydroxylation is 1. The third-order valence-electron chi connectivity index (χ3n) is 6.53. The molecule has 0 fully saturated rings. The molecule has 0 N–H and O–H groups in total. The highest BCUT2D eigenvalue weighted by atomic mass is 32.2. The van der Waals surface area contributed by atoms with Crippen molar-refractivity contribution in [3.05, 3.63) is 137 Å². The lowest BCUT2D eigenvalue weighted by molar-refractivity contribution is 0.259. The molecule has 0 unspecified atom stereocenters. The minimum Gasteiger partial charge on any atom is -0.294 e. The molecule has 4 aromatic carbocycles. The minimum atomic E-state index is -3.87. The molecule has 0 radical (unpaired) electrons. The van der Waals surface area contributed by atoms with Crippen LogP contribution < -0.4 is 0 Å². The van der Waals surface area contributed by atoms with Crippen LogP contribution in [-0.4, -0.2) is 23.8 Å². The summed E-state index contributed by atoms with van der Waals surface area (Å²) < 4.78 is 43.1. The Bertz CT molecular complexity index is 1550. The molecule has 5 aromatic rings. The minimum absolute atomic E-state index is 0.214. The molecule has 0 spiro atoms. The SMILES string of the molecule is Cc1ccc(S(=O)(=O)n2c(CCN(Cc3ccccc3)Cc3ccccc3)cc3cc(F)ccc32)cc1. The monoisotopic (exact) mass is 512 g/mol. The quantitative estimate of drug-likeness (QED) is 0.224. The maximum atomic E-state index is 14.1. The van der Waals surface area contributed by atoms with E-state index in [0.29, 0.717) is 29.6 Å². The van der Waals surface area contributed by atoms with Gasteiger partial charge in [0.05, 0.1) is 10.4 Å². The molecule has 6 heteroatoms. The summed E-state index contributed by atoms with van der Waals surface area (Å²) in [5.74, 6) is -0.390. The molecule has 0 saturated carbocycles. The van der Waals surface area contributed by atoms with Crippen LogP contribution >= 0.6 is 0 Å². The second-order valence-electron chi connectivity index (χ2n) is 9.35. The van der Waals surface area contributed by atoms with E-state index in [0.717, 1.165) is 18.7 Å². The van der Waals surface area contributed by atoms with E-state index < -0.39 is 15.8 Å². The summed E-state index contributed by atoms with van der Waals surface area (Å²) in [5.41, 5.74) is 4.47. The molecule has 0 aliphatic heterocycles. The van der Waals surface area contributed by atoms with Crippen molar-refractivity contribution in [3.63, 3.8) is 0 Å². The molecule has 37 heavy (non-hydrogen) atoms. The number of aromatic nitrogens is 1. The zero-order valence-corrected chi connectivity index (χ0v) is 21.5. The van der Waals surface area contributed by atoms with E-state index in [1.807, 2.05) is 43.3 Å². The fourth-order valence-electron chi connectivity index (χ4n) is 4.66. The molecule has 0 saturated heterocycles. The standard InChI is InChI=1S/C31H29FN2O2S/c1-24-12-15-30(16-13-24)37(35,36)34-29(21-27-20-28(32)14-17-31(27)34)18-19-33(22-25-8-4-2-5-9-25)23-26-10-6-3-7-11-26/h2-17,20-21H,18-19,22-23H2,1H3. The Balaban J connectivity index is 1.50. The normalized spacial score (nSPS) is 11.9. The van der Waals surface area contributed by atoms with Gasteiger partial charge in [-0.25, -0.2) is 16.8 Å². The molecule has 188 valence electrons. The second kappa shape index (κ2) is 10.7. The summed E-state index contributed by atoms with van der Waals surface area (Å²) >= 11 is 0. The molecule has 0 atom stereocenters. The lowest BCUT2D eigenvalue weighted by Crippen LogP contribution is -2.26. The molecule has 0 aliphatic carbocycles. The maximum absolute atomic E-state index is 14.1. The van der Waals surface area contributed by atoms with Gasteiger partial charge in [-0.3, -0.25) is 4.90 Å². The molecule has 0 bridgehead atoms. The summed E-state index contributed by atoms with van der Waals surface area (Å²) in [6, 6.07) is 33.4. The Labute approximate surface area is 217 Å². The molecule has 0 aliphatic rings. The summed E-state index contributed by atoms with van der Waals surface area (Å²) in [6.45, 7) is 4.01. The van der Waals surface area contributed by atoms with Gasteiger partial charge in [-0.15, -0.1) is 0 Å². The van der Waals surface area contributed by atoms with Crippen molar-refractivity contribution in [1.29, 1.82) is 0 Å². The van der Waals surface area contributed by atoms with Gasteiger partial charge in [0.1, 0.15) is 5.82 Å². The van der Waals surface area contributed by atoms with Crippen LogP contribution in [0.3, 0.4) is 0 Å². The number of benzene rings is 4. The highest BCUT2D eigenvalue weighted by molar-refractivity contribution is 7.90. The number of fused-ring (bicyclic) bond motifs is 1. The number of hydrogen-bond donors (Lipinski definition) is 0. The van der Waals surface area contributed by atoms with Crippen LogP contribution in [0.15, 0.2) is 114 Å². The van der Waals surface area contributed by atoms with Crippen molar-refractivity contribution in [2.45, 2.75) is 31.3 Å². The van der Waals surface area contributed by atoms with Crippen LogP contribution in [0.4, 0.5) is 4.39 Å². The van der Waals surface area contributed by atoms with Crippen LogP contribution in [-0.2, 0) is 29.5 Å². The highest BCUT2D eigenvalue weighted by Gasteiger charge is 2.23. The van der Waals surface area contributed by atoms with Gasteiger partial charge in [-0.05, 0) is 54.4 Å². The van der Waals surface area contributed by atoms with E-state index in [9.17, 15) is 12.8 Å². The van der Waals surface area contributed by atoms with Gasteiger partial charge in [-0.1, -0.05) is 78.4 Å². The van der Waals surface area contributed by atoms with E-state index in [-0.39, 0.29) is 4.90 Å². The van der Waals surface area contributed by atoms with Crippen LogP contribution in [0.1, 0.15) is 22.4 Å². The van der Waals surface area contributed by atoms with Gasteiger partial charge >= 0.3 is 0 Å². The van der Waals surface area contributed by atoms with E-state index in [4.69, 9.17) is 0 Å². The fraction of sp³-hybridized carbons (Fsp3) is 0.161. The highest BCUT2D eigenvalue weighted by Crippen LogP contribution is 2.27. The first-order valence-electron chi connectivity index (χ1n) is 12.3. The second-order valence-corrected chi connectivity index (χ2v) is 11.1. The lowest BCUT2D eigenvalue weighted by atomic mass is 10.1. The van der Waals surface area contributed by atoms with E-state index in [1.54, 1.807) is 36.4 Å². The number of halogens is 1. The van der Waals surface area contributed by atoms with Crippen molar-refractivity contribution in [1.82, 2.24) is 8.87 Å². The average molecular weight is 513 g/mol. The summed E-state index contributed by atoms with van der Waals surface area (Å²) in [7, 11) is -3.87. The Kier molecular flexibility index (Phi) is 7.22. The zero-order chi connectivity index (χ0) is 25.8. The van der Waals surface area contributed by atoms with Gasteiger partial charge in [-0.2, -0.15) is 0 Å². The zero-order valence-electron chi connectivity index (χ0n) is 20.7. The van der Waals surface area contributed by atoms with Crippen molar-refractivity contribution < 1.29 is 12.8 Å². The largest absolute Gasteiger partial charge is 0.294 e. The summed E-state index contributed by atoms with van der Waals surface area (Å²) in [4.78, 5) is 2.53. The van der Waals surface area contributed by atoms with Crippen molar-refractivity contribution in [3.8, 4) is 0 Å². The molecular formula is C31H29FN2O2S. The Morgan fingerprint density at radius 2 is 1.35 bits per heavy atom. The van der Waals surface area contributed by atoms with E-state index >= 15 is 0 Å². The maximum Gasteiger partial charge on any atom is 0.268 e. The van der Waals surface area contributed by atoms with Gasteiger partial charge in [0.15, 0.2) is 0 Å². The molecule has 0 amide bonds. The third-order valence-corrected chi connectivity index (χ3v) is 8.31. The van der Waals surface area contributed by atoms with Crippen LogP contribution in [0.2, 0.25) is 0 Å². The van der Waals surface area contributed by atoms with Gasteiger partial charge in [0.25, 0.3) is 10.0 Å². The Hall–Kier alpha value is -3.74. The number of hydrogen-bond acceptors (Lipinski definition) is 3. The van der Waals surface area contributed by atoms with Gasteiger partial charge in [0.2, 0.25) is 0 Å².